The van der Waals surface area contributed by atoms with Crippen LogP contribution < -0.4 is 23.7 Å². The average molecular weight is 486 g/mol. The van der Waals surface area contributed by atoms with Crippen LogP contribution in [0.1, 0.15) is 23.6 Å². The summed E-state index contributed by atoms with van der Waals surface area (Å²) in [6, 6.07) is 19.9. The van der Waals surface area contributed by atoms with E-state index in [1.807, 2.05) is 31.2 Å². The molecule has 0 atom stereocenters. The van der Waals surface area contributed by atoms with Crippen LogP contribution in [0.15, 0.2) is 66.7 Å². The Kier molecular flexibility index (Phi) is 9.12. The van der Waals surface area contributed by atoms with Crippen molar-refractivity contribution >= 4 is 23.7 Å². The van der Waals surface area contributed by atoms with Gasteiger partial charge in [-0.2, -0.15) is 5.26 Å². The number of nitrogens with zero attached hydrogens (tertiary/aromatic N) is 1. The van der Waals surface area contributed by atoms with Crippen molar-refractivity contribution in [1.29, 1.82) is 5.26 Å². The lowest BCUT2D eigenvalue weighted by atomic mass is 10.0. The number of para-hydroxylation sites is 1. The number of nitriles is 1. The minimum Gasteiger partial charge on any atom is -0.496 e. The van der Waals surface area contributed by atoms with Crippen molar-refractivity contribution in [3.63, 3.8) is 0 Å². The summed E-state index contributed by atoms with van der Waals surface area (Å²) in [6.45, 7) is 2.41. The van der Waals surface area contributed by atoms with E-state index in [9.17, 15) is 10.1 Å². The van der Waals surface area contributed by atoms with Crippen molar-refractivity contribution in [2.45, 2.75) is 6.92 Å². The van der Waals surface area contributed by atoms with E-state index in [-0.39, 0.29) is 5.75 Å². The molecule has 0 amide bonds. The lowest BCUT2D eigenvalue weighted by Gasteiger charge is -2.10. The molecule has 36 heavy (non-hydrogen) atoms. The molecular formula is C29H27NO6. The smallest absolute Gasteiger partial charge is 0.336 e. The molecule has 7 nitrogen and oxygen atoms in total. The predicted molar refractivity (Wildman–Crippen MR) is 138 cm³/mol. The molecule has 0 aromatic heterocycles. The zero-order valence-corrected chi connectivity index (χ0v) is 20.6. The molecule has 0 saturated carbocycles. The van der Waals surface area contributed by atoms with Gasteiger partial charge in [0.2, 0.25) is 0 Å². The monoisotopic (exact) mass is 485 g/mol. The van der Waals surface area contributed by atoms with Crippen molar-refractivity contribution in [2.75, 3.05) is 27.9 Å². The second-order valence-corrected chi connectivity index (χ2v) is 7.38. The number of ether oxygens (including phenoxy) is 5. The third-order valence-corrected chi connectivity index (χ3v) is 5.13. The Balaban J connectivity index is 1.78. The van der Waals surface area contributed by atoms with Gasteiger partial charge in [-0.05, 0) is 66.6 Å². The average Bonchev–Trinajstić information content (AvgIpc) is 2.91. The maximum absolute atomic E-state index is 12.5. The fraction of sp³-hybridized carbons (Fsp3) is 0.172. The minimum absolute atomic E-state index is 0.254. The molecule has 3 rings (SSSR count). The van der Waals surface area contributed by atoms with Gasteiger partial charge in [0.05, 0.1) is 39.6 Å². The normalized spacial score (nSPS) is 11.0. The van der Waals surface area contributed by atoms with Crippen molar-refractivity contribution in [3.05, 3.63) is 83.4 Å². The Morgan fingerprint density at radius 1 is 0.833 bits per heavy atom. The highest BCUT2D eigenvalue weighted by molar-refractivity contribution is 5.92. The number of hydrogen-bond acceptors (Lipinski definition) is 7. The number of allylic oxidation sites excluding steroid dienone is 1. The van der Waals surface area contributed by atoms with Gasteiger partial charge >= 0.3 is 5.97 Å². The van der Waals surface area contributed by atoms with Crippen LogP contribution in [0.5, 0.6) is 28.7 Å². The van der Waals surface area contributed by atoms with E-state index in [1.54, 1.807) is 62.8 Å². The summed E-state index contributed by atoms with van der Waals surface area (Å²) < 4.78 is 27.1. The molecule has 0 aliphatic rings. The number of carbonyl (C=O) groups excluding carboxylic acids is 1. The van der Waals surface area contributed by atoms with Crippen LogP contribution in [-0.4, -0.2) is 33.9 Å². The molecule has 7 heteroatoms. The van der Waals surface area contributed by atoms with Gasteiger partial charge in [-0.3, -0.25) is 0 Å². The number of methoxy groups -OCH3 is 3. The molecule has 0 heterocycles. The molecule has 0 saturated heterocycles. The molecule has 3 aromatic rings. The lowest BCUT2D eigenvalue weighted by molar-refractivity contribution is -0.129. The summed E-state index contributed by atoms with van der Waals surface area (Å²) in [5.41, 5.74) is 2.55. The Bertz CT molecular complexity index is 1320. The summed E-state index contributed by atoms with van der Waals surface area (Å²) in [4.78, 5) is 12.5. The highest BCUT2D eigenvalue weighted by Crippen LogP contribution is 2.32. The van der Waals surface area contributed by atoms with Gasteiger partial charge in [0.15, 0.2) is 23.0 Å². The quantitative estimate of drug-likeness (QED) is 0.118. The van der Waals surface area contributed by atoms with Crippen LogP contribution in [0.3, 0.4) is 0 Å². The van der Waals surface area contributed by atoms with Crippen molar-refractivity contribution in [2.24, 2.45) is 0 Å². The largest absolute Gasteiger partial charge is 0.496 e. The van der Waals surface area contributed by atoms with E-state index in [1.165, 1.54) is 13.2 Å². The molecule has 0 fully saturated rings. The van der Waals surface area contributed by atoms with Crippen LogP contribution >= 0.6 is 0 Å². The van der Waals surface area contributed by atoms with E-state index >= 15 is 0 Å². The zero-order chi connectivity index (χ0) is 25.9. The molecule has 184 valence electrons. The van der Waals surface area contributed by atoms with Gasteiger partial charge in [0, 0.05) is 11.6 Å². The molecule has 0 spiro atoms. The Labute approximate surface area is 210 Å². The number of esters is 1. The highest BCUT2D eigenvalue weighted by atomic mass is 16.6. The molecule has 3 aromatic carbocycles. The van der Waals surface area contributed by atoms with E-state index in [0.717, 1.165) is 5.56 Å². The summed E-state index contributed by atoms with van der Waals surface area (Å²) in [5.74, 6) is 1.83. The minimum atomic E-state index is -0.573. The molecule has 0 N–H and O–H groups in total. The second kappa shape index (κ2) is 12.7. The second-order valence-electron chi connectivity index (χ2n) is 7.38. The van der Waals surface area contributed by atoms with Crippen LogP contribution in [-0.2, 0) is 4.79 Å². The summed E-state index contributed by atoms with van der Waals surface area (Å²) >= 11 is 0. The first kappa shape index (κ1) is 25.9. The molecule has 0 aliphatic carbocycles. The van der Waals surface area contributed by atoms with Crippen LogP contribution in [0.2, 0.25) is 0 Å². The van der Waals surface area contributed by atoms with E-state index < -0.39 is 5.97 Å². The summed E-state index contributed by atoms with van der Waals surface area (Å²) in [6.07, 6.45) is 4.65. The number of benzene rings is 3. The van der Waals surface area contributed by atoms with Crippen LogP contribution in [0.4, 0.5) is 0 Å². The zero-order valence-electron chi connectivity index (χ0n) is 20.6. The molecular weight excluding hydrogens is 458 g/mol. The van der Waals surface area contributed by atoms with Crippen molar-refractivity contribution in [3.8, 4) is 34.8 Å². The van der Waals surface area contributed by atoms with Crippen LogP contribution in [0, 0.1) is 11.3 Å². The Hall–Kier alpha value is -4.70. The van der Waals surface area contributed by atoms with Crippen molar-refractivity contribution in [1.82, 2.24) is 0 Å². The fourth-order valence-corrected chi connectivity index (χ4v) is 3.43. The maximum Gasteiger partial charge on any atom is 0.336 e. The Morgan fingerprint density at radius 3 is 2.17 bits per heavy atom. The SMILES string of the molecule is CCOc1ccc(/C=C/C(=O)Oc2ccc(/C=C(/C#N)c3ccccc3OC)cc2OC)cc1OC. The first-order chi connectivity index (χ1) is 17.5. The van der Waals surface area contributed by atoms with Gasteiger partial charge in [0.1, 0.15) is 5.75 Å². The van der Waals surface area contributed by atoms with Gasteiger partial charge in [0.25, 0.3) is 0 Å². The summed E-state index contributed by atoms with van der Waals surface area (Å²) in [5, 5.41) is 9.69. The lowest BCUT2D eigenvalue weighted by Crippen LogP contribution is -2.05. The maximum atomic E-state index is 12.5. The van der Waals surface area contributed by atoms with E-state index in [4.69, 9.17) is 23.7 Å². The van der Waals surface area contributed by atoms with Gasteiger partial charge in [-0.1, -0.05) is 24.3 Å². The standard InChI is InChI=1S/C29H27NO6/c1-5-35-25-13-10-20(17-27(25)33-3)12-15-29(31)36-26-14-11-21(18-28(26)34-4)16-22(19-30)23-8-6-7-9-24(23)32-2/h6-18H,5H2,1-4H3/b15-12+,22-16-. The highest BCUT2D eigenvalue weighted by Gasteiger charge is 2.12. The first-order valence-corrected chi connectivity index (χ1v) is 11.2. The number of hydrogen-bond donors (Lipinski definition) is 0. The molecule has 0 radical (unpaired) electrons. The third kappa shape index (κ3) is 6.45. The number of carbonyl (C=O) groups is 1. The van der Waals surface area contributed by atoms with Gasteiger partial charge < -0.3 is 23.7 Å². The van der Waals surface area contributed by atoms with E-state index in [0.29, 0.717) is 46.3 Å². The van der Waals surface area contributed by atoms with Crippen molar-refractivity contribution < 1.29 is 28.5 Å². The third-order valence-electron chi connectivity index (χ3n) is 5.13. The van der Waals surface area contributed by atoms with Gasteiger partial charge in [-0.15, -0.1) is 0 Å². The molecule has 0 bridgehead atoms. The number of rotatable bonds is 10. The van der Waals surface area contributed by atoms with Gasteiger partial charge in [-0.25, -0.2) is 4.79 Å². The molecule has 0 aliphatic heterocycles. The van der Waals surface area contributed by atoms with Crippen LogP contribution in [0.25, 0.3) is 17.7 Å². The predicted octanol–water partition coefficient (Wildman–Crippen LogP) is 5.79. The topological polar surface area (TPSA) is 87.0 Å². The first-order valence-electron chi connectivity index (χ1n) is 11.2. The summed E-state index contributed by atoms with van der Waals surface area (Å²) in [7, 11) is 4.59. The molecule has 0 unspecified atom stereocenters. The fourth-order valence-electron chi connectivity index (χ4n) is 3.43. The van der Waals surface area contributed by atoms with E-state index in [2.05, 4.69) is 6.07 Å². The Morgan fingerprint density at radius 2 is 1.47 bits per heavy atom.